The van der Waals surface area contributed by atoms with Gasteiger partial charge in [-0.2, -0.15) is 5.26 Å². The Morgan fingerprint density at radius 3 is 2.68 bits per heavy atom. The molecule has 1 unspecified atom stereocenters. The van der Waals surface area contributed by atoms with Crippen LogP contribution in [0.15, 0.2) is 58.3 Å². The SMILES string of the molecule is N#Cc1ccccc1S(=O)(=O)NC1CCSc2ccccc21. The number of hydrogen-bond donors (Lipinski definition) is 1. The summed E-state index contributed by atoms with van der Waals surface area (Å²) in [6.07, 6.45) is 0.732. The Morgan fingerprint density at radius 1 is 1.14 bits per heavy atom. The van der Waals surface area contributed by atoms with Gasteiger partial charge in [0.25, 0.3) is 0 Å². The molecule has 1 aliphatic rings. The number of benzene rings is 2. The second kappa shape index (κ2) is 6.13. The highest BCUT2D eigenvalue weighted by atomic mass is 32.2. The Kier molecular flexibility index (Phi) is 4.21. The van der Waals surface area contributed by atoms with Crippen LogP contribution in [0.1, 0.15) is 23.6 Å². The maximum Gasteiger partial charge on any atom is 0.242 e. The molecular formula is C16H14N2O2S2. The zero-order valence-corrected chi connectivity index (χ0v) is 13.3. The molecule has 1 heterocycles. The normalized spacial score (nSPS) is 17.5. The summed E-state index contributed by atoms with van der Waals surface area (Å²) in [7, 11) is -3.73. The number of rotatable bonds is 3. The predicted molar refractivity (Wildman–Crippen MR) is 86.0 cm³/mol. The Balaban J connectivity index is 1.95. The van der Waals surface area contributed by atoms with Crippen LogP contribution in [0, 0.1) is 11.3 Å². The number of nitrogens with one attached hydrogen (secondary N) is 1. The molecule has 0 amide bonds. The first-order valence-corrected chi connectivity index (χ1v) is 9.32. The van der Waals surface area contributed by atoms with Crippen LogP contribution in [0.5, 0.6) is 0 Å². The smallest absolute Gasteiger partial charge is 0.207 e. The maximum atomic E-state index is 12.6. The highest BCUT2D eigenvalue weighted by Gasteiger charge is 2.27. The van der Waals surface area contributed by atoms with Crippen molar-refractivity contribution in [2.75, 3.05) is 5.75 Å². The maximum absolute atomic E-state index is 12.6. The van der Waals surface area contributed by atoms with E-state index in [-0.39, 0.29) is 16.5 Å². The number of nitrogens with zero attached hydrogens (tertiary/aromatic N) is 1. The van der Waals surface area contributed by atoms with E-state index in [1.54, 1.807) is 23.9 Å². The molecule has 22 heavy (non-hydrogen) atoms. The second-order valence-corrected chi connectivity index (χ2v) is 7.78. The van der Waals surface area contributed by atoms with Crippen LogP contribution in [-0.2, 0) is 10.0 Å². The molecule has 0 fully saturated rings. The van der Waals surface area contributed by atoms with Crippen LogP contribution >= 0.6 is 11.8 Å². The fourth-order valence-electron chi connectivity index (χ4n) is 2.51. The van der Waals surface area contributed by atoms with E-state index in [1.165, 1.54) is 12.1 Å². The molecule has 3 rings (SSSR count). The topological polar surface area (TPSA) is 70.0 Å². The zero-order chi connectivity index (χ0) is 15.6. The molecule has 0 bridgehead atoms. The van der Waals surface area contributed by atoms with Gasteiger partial charge in [-0.25, -0.2) is 13.1 Å². The third-order valence-corrected chi connectivity index (χ3v) is 6.21. The number of nitriles is 1. The van der Waals surface area contributed by atoms with Crippen molar-refractivity contribution in [3.63, 3.8) is 0 Å². The largest absolute Gasteiger partial charge is 0.242 e. The summed E-state index contributed by atoms with van der Waals surface area (Å²) in [4.78, 5) is 1.14. The lowest BCUT2D eigenvalue weighted by Crippen LogP contribution is -2.31. The molecule has 0 spiro atoms. The van der Waals surface area contributed by atoms with Crippen molar-refractivity contribution >= 4 is 21.8 Å². The molecule has 1 aliphatic heterocycles. The van der Waals surface area contributed by atoms with Crippen LogP contribution in [0.2, 0.25) is 0 Å². The minimum Gasteiger partial charge on any atom is -0.207 e. The average Bonchev–Trinajstić information content (AvgIpc) is 2.55. The third-order valence-electron chi connectivity index (χ3n) is 3.55. The van der Waals surface area contributed by atoms with Gasteiger partial charge in [-0.05, 0) is 35.9 Å². The standard InChI is InChI=1S/C16H14N2O2S2/c17-11-12-5-1-4-8-16(12)22(19,20)18-14-9-10-21-15-7-3-2-6-13(14)15/h1-8,14,18H,9-10H2. The van der Waals surface area contributed by atoms with Gasteiger partial charge in [0.15, 0.2) is 0 Å². The minimum absolute atomic E-state index is 0.0354. The first-order valence-electron chi connectivity index (χ1n) is 6.85. The number of hydrogen-bond acceptors (Lipinski definition) is 4. The average molecular weight is 330 g/mol. The first kappa shape index (κ1) is 15.1. The van der Waals surface area contributed by atoms with Crippen molar-refractivity contribution in [1.82, 2.24) is 4.72 Å². The molecule has 0 saturated carbocycles. The van der Waals surface area contributed by atoms with Crippen LogP contribution in [0.3, 0.4) is 0 Å². The summed E-state index contributed by atoms with van der Waals surface area (Å²) in [5.74, 6) is 0.865. The molecule has 112 valence electrons. The second-order valence-electron chi connectivity index (χ2n) is 4.96. The van der Waals surface area contributed by atoms with Crippen molar-refractivity contribution in [2.45, 2.75) is 22.3 Å². The van der Waals surface area contributed by atoms with Gasteiger partial charge in [0, 0.05) is 10.9 Å². The van der Waals surface area contributed by atoms with Gasteiger partial charge in [-0.1, -0.05) is 30.3 Å². The molecule has 6 heteroatoms. The van der Waals surface area contributed by atoms with Crippen molar-refractivity contribution in [3.8, 4) is 6.07 Å². The van der Waals surface area contributed by atoms with Crippen LogP contribution < -0.4 is 4.72 Å². The molecule has 0 radical (unpaired) electrons. The van der Waals surface area contributed by atoms with E-state index in [2.05, 4.69) is 4.72 Å². The minimum atomic E-state index is -3.73. The zero-order valence-electron chi connectivity index (χ0n) is 11.7. The van der Waals surface area contributed by atoms with Gasteiger partial charge in [-0.3, -0.25) is 0 Å². The first-order chi connectivity index (χ1) is 10.6. The quantitative estimate of drug-likeness (QED) is 0.939. The summed E-state index contributed by atoms with van der Waals surface area (Å²) >= 11 is 1.73. The molecule has 2 aromatic carbocycles. The third kappa shape index (κ3) is 2.88. The summed E-state index contributed by atoms with van der Waals surface area (Å²) in [5, 5.41) is 9.10. The lowest BCUT2D eigenvalue weighted by Gasteiger charge is -2.25. The van der Waals surface area contributed by atoms with E-state index >= 15 is 0 Å². The van der Waals surface area contributed by atoms with Gasteiger partial charge in [0.2, 0.25) is 10.0 Å². The fraction of sp³-hybridized carbons (Fsp3) is 0.188. The summed E-state index contributed by atoms with van der Waals surface area (Å²) < 4.78 is 28.0. The molecule has 0 aromatic heterocycles. The lowest BCUT2D eigenvalue weighted by atomic mass is 10.1. The van der Waals surface area contributed by atoms with Crippen molar-refractivity contribution in [2.24, 2.45) is 0 Å². The lowest BCUT2D eigenvalue weighted by molar-refractivity contribution is 0.546. The highest BCUT2D eigenvalue weighted by molar-refractivity contribution is 7.99. The van der Waals surface area contributed by atoms with Crippen LogP contribution in [0.4, 0.5) is 0 Å². The van der Waals surface area contributed by atoms with Gasteiger partial charge >= 0.3 is 0 Å². The van der Waals surface area contributed by atoms with E-state index in [0.717, 1.165) is 22.6 Å². The van der Waals surface area contributed by atoms with Crippen LogP contribution in [-0.4, -0.2) is 14.2 Å². The van der Waals surface area contributed by atoms with E-state index in [9.17, 15) is 8.42 Å². The number of thioether (sulfide) groups is 1. The molecule has 1 N–H and O–H groups in total. The van der Waals surface area contributed by atoms with Crippen molar-refractivity contribution in [1.29, 1.82) is 5.26 Å². The van der Waals surface area contributed by atoms with Gasteiger partial charge in [-0.15, -0.1) is 11.8 Å². The predicted octanol–water partition coefficient (Wildman–Crippen LogP) is 3.07. The molecule has 0 saturated heterocycles. The van der Waals surface area contributed by atoms with Gasteiger partial charge in [0.05, 0.1) is 10.5 Å². The van der Waals surface area contributed by atoms with Crippen molar-refractivity contribution in [3.05, 3.63) is 59.7 Å². The van der Waals surface area contributed by atoms with E-state index < -0.39 is 10.0 Å². The Morgan fingerprint density at radius 2 is 1.86 bits per heavy atom. The Bertz CT molecular complexity index is 841. The van der Waals surface area contributed by atoms with Gasteiger partial charge < -0.3 is 0 Å². The fourth-order valence-corrected chi connectivity index (χ4v) is 5.04. The number of sulfonamides is 1. The summed E-state index contributed by atoms with van der Waals surface area (Å²) in [6, 6.07) is 15.8. The van der Waals surface area contributed by atoms with Gasteiger partial charge in [0.1, 0.15) is 6.07 Å². The monoisotopic (exact) mass is 330 g/mol. The molecule has 1 atom stereocenters. The molecular weight excluding hydrogens is 316 g/mol. The van der Waals surface area contributed by atoms with E-state index in [0.29, 0.717) is 0 Å². The Hall–Kier alpha value is -1.81. The highest BCUT2D eigenvalue weighted by Crippen LogP contribution is 2.36. The molecule has 0 aliphatic carbocycles. The van der Waals surface area contributed by atoms with E-state index in [4.69, 9.17) is 5.26 Å². The van der Waals surface area contributed by atoms with Crippen molar-refractivity contribution < 1.29 is 8.42 Å². The summed E-state index contributed by atoms with van der Waals surface area (Å²) in [5.41, 5.74) is 1.16. The van der Waals surface area contributed by atoms with Crippen LogP contribution in [0.25, 0.3) is 0 Å². The number of fused-ring (bicyclic) bond motifs is 1. The molecule has 2 aromatic rings. The Labute approximate surface area is 134 Å². The summed E-state index contributed by atoms with van der Waals surface area (Å²) in [6.45, 7) is 0. The molecule has 4 nitrogen and oxygen atoms in total. The van der Waals surface area contributed by atoms with E-state index in [1.807, 2.05) is 30.3 Å².